The molecular weight excluding hydrogens is 160 g/mol. The second kappa shape index (κ2) is 2.63. The van der Waals surface area contributed by atoms with Gasteiger partial charge in [-0.1, -0.05) is 12.2 Å². The summed E-state index contributed by atoms with van der Waals surface area (Å²) in [5.74, 6) is 1.78. The average molecular weight is 171 g/mol. The van der Waals surface area contributed by atoms with Crippen molar-refractivity contribution in [2.45, 2.75) is 12.8 Å². The van der Waals surface area contributed by atoms with Crippen LogP contribution in [0.2, 0.25) is 0 Å². The molecule has 1 saturated carbocycles. The Hall–Kier alpha value is -0.300. The van der Waals surface area contributed by atoms with E-state index in [1.807, 2.05) is 0 Å². The van der Waals surface area contributed by atoms with Crippen LogP contribution in [0.5, 0.6) is 0 Å². The van der Waals surface area contributed by atoms with E-state index in [0.717, 1.165) is 12.8 Å². The Balaban J connectivity index is 2.24. The molecule has 0 radical (unpaired) electrons. The highest BCUT2D eigenvalue weighted by molar-refractivity contribution is 6.19. The maximum Gasteiger partial charge on any atom is 0.141 e. The van der Waals surface area contributed by atoms with Gasteiger partial charge in [0.05, 0.1) is 0 Å². The van der Waals surface area contributed by atoms with Gasteiger partial charge in [-0.25, -0.2) is 0 Å². The van der Waals surface area contributed by atoms with E-state index in [9.17, 15) is 4.79 Å². The SMILES string of the molecule is O=C1[C@H]2CC=C[C@H](C2)[C@@H]1CCl. The standard InChI is InChI=1S/C9H11ClO/c10-5-8-6-2-1-3-7(4-6)9(8)11/h1-2,6-8H,3-5H2/t6-,7+,8+/m1/s1. The summed E-state index contributed by atoms with van der Waals surface area (Å²) in [7, 11) is 0. The predicted molar refractivity (Wildman–Crippen MR) is 44.6 cm³/mol. The van der Waals surface area contributed by atoms with E-state index < -0.39 is 0 Å². The Labute approximate surface area is 71.4 Å². The first-order valence-corrected chi connectivity index (χ1v) is 4.62. The Morgan fingerprint density at radius 3 is 3.09 bits per heavy atom. The third-order valence-electron chi connectivity index (χ3n) is 2.81. The number of Topliss-reactive ketones (excluding diaryl/α,β-unsaturated/α-hetero) is 1. The molecule has 0 saturated heterocycles. The lowest BCUT2D eigenvalue weighted by molar-refractivity contribution is -0.123. The highest BCUT2D eigenvalue weighted by Crippen LogP contribution is 2.40. The average Bonchev–Trinajstić information content (AvgIpc) is 2.25. The van der Waals surface area contributed by atoms with Crippen molar-refractivity contribution in [3.63, 3.8) is 0 Å². The maximum absolute atomic E-state index is 11.5. The van der Waals surface area contributed by atoms with Crippen molar-refractivity contribution in [2.24, 2.45) is 17.8 Å². The maximum atomic E-state index is 11.5. The molecule has 0 spiro atoms. The van der Waals surface area contributed by atoms with Crippen LogP contribution in [-0.2, 0) is 4.79 Å². The monoisotopic (exact) mass is 170 g/mol. The minimum absolute atomic E-state index is 0.125. The highest BCUT2D eigenvalue weighted by atomic mass is 35.5. The first-order chi connectivity index (χ1) is 5.33. The molecule has 0 aromatic rings. The van der Waals surface area contributed by atoms with Crippen molar-refractivity contribution in [2.75, 3.05) is 5.88 Å². The third kappa shape index (κ3) is 1.02. The first kappa shape index (κ1) is 7.35. The fourth-order valence-electron chi connectivity index (χ4n) is 2.16. The van der Waals surface area contributed by atoms with E-state index in [0.29, 0.717) is 23.5 Å². The topological polar surface area (TPSA) is 17.1 Å². The zero-order valence-corrected chi connectivity index (χ0v) is 7.05. The number of hydrogen-bond acceptors (Lipinski definition) is 1. The van der Waals surface area contributed by atoms with Crippen LogP contribution in [0.15, 0.2) is 12.2 Å². The number of halogens is 1. The fraction of sp³-hybridized carbons (Fsp3) is 0.667. The van der Waals surface area contributed by atoms with Crippen LogP contribution < -0.4 is 0 Å². The molecule has 2 bridgehead atoms. The molecule has 0 unspecified atom stereocenters. The fourth-order valence-corrected chi connectivity index (χ4v) is 2.54. The van der Waals surface area contributed by atoms with Gasteiger partial charge in [-0.05, 0) is 18.8 Å². The Morgan fingerprint density at radius 1 is 1.64 bits per heavy atom. The van der Waals surface area contributed by atoms with E-state index in [2.05, 4.69) is 12.2 Å². The molecule has 0 aromatic carbocycles. The zero-order chi connectivity index (χ0) is 7.84. The van der Waals surface area contributed by atoms with Crippen molar-refractivity contribution >= 4 is 17.4 Å². The molecule has 0 N–H and O–H groups in total. The normalized spacial score (nSPS) is 41.5. The van der Waals surface area contributed by atoms with Crippen LogP contribution in [0.1, 0.15) is 12.8 Å². The van der Waals surface area contributed by atoms with Gasteiger partial charge in [0.2, 0.25) is 0 Å². The minimum atomic E-state index is 0.125. The van der Waals surface area contributed by atoms with Crippen LogP contribution in [0.25, 0.3) is 0 Å². The third-order valence-corrected chi connectivity index (χ3v) is 3.14. The quantitative estimate of drug-likeness (QED) is 0.435. The number of fused-ring (bicyclic) bond motifs is 2. The summed E-state index contributed by atoms with van der Waals surface area (Å²) in [6, 6.07) is 0. The van der Waals surface area contributed by atoms with Crippen molar-refractivity contribution in [3.8, 4) is 0 Å². The molecule has 3 atom stereocenters. The molecule has 1 fully saturated rings. The lowest BCUT2D eigenvalue weighted by atomic mass is 9.94. The molecule has 0 amide bonds. The molecule has 0 aromatic heterocycles. The van der Waals surface area contributed by atoms with Crippen molar-refractivity contribution in [3.05, 3.63) is 12.2 Å². The number of allylic oxidation sites excluding steroid dienone is 2. The summed E-state index contributed by atoms with van der Waals surface area (Å²) < 4.78 is 0. The van der Waals surface area contributed by atoms with E-state index in [4.69, 9.17) is 11.6 Å². The zero-order valence-electron chi connectivity index (χ0n) is 6.29. The van der Waals surface area contributed by atoms with Gasteiger partial charge in [0.25, 0.3) is 0 Å². The predicted octanol–water partition coefficient (Wildman–Crippen LogP) is 2.01. The Morgan fingerprint density at radius 2 is 2.45 bits per heavy atom. The molecule has 2 rings (SSSR count). The van der Waals surface area contributed by atoms with E-state index in [1.165, 1.54) is 0 Å². The molecular formula is C9H11ClO. The second-order valence-corrected chi connectivity index (χ2v) is 3.73. The number of ketones is 1. The molecule has 2 aliphatic rings. The number of hydrogen-bond donors (Lipinski definition) is 0. The molecule has 0 heterocycles. The van der Waals surface area contributed by atoms with Crippen molar-refractivity contribution in [1.29, 1.82) is 0 Å². The number of carbonyl (C=O) groups is 1. The molecule has 0 aliphatic heterocycles. The summed E-state index contributed by atoms with van der Waals surface area (Å²) in [5.41, 5.74) is 0. The van der Waals surface area contributed by atoms with Crippen LogP contribution in [0, 0.1) is 17.8 Å². The van der Waals surface area contributed by atoms with E-state index >= 15 is 0 Å². The Kier molecular flexibility index (Phi) is 1.76. The van der Waals surface area contributed by atoms with Crippen LogP contribution in [-0.4, -0.2) is 11.7 Å². The molecule has 11 heavy (non-hydrogen) atoms. The van der Waals surface area contributed by atoms with Crippen molar-refractivity contribution < 1.29 is 4.79 Å². The van der Waals surface area contributed by atoms with Crippen LogP contribution >= 0.6 is 11.6 Å². The van der Waals surface area contributed by atoms with Gasteiger partial charge in [-0.15, -0.1) is 11.6 Å². The molecule has 2 aliphatic carbocycles. The minimum Gasteiger partial charge on any atom is -0.299 e. The van der Waals surface area contributed by atoms with Gasteiger partial charge >= 0.3 is 0 Å². The van der Waals surface area contributed by atoms with E-state index in [1.54, 1.807) is 0 Å². The van der Waals surface area contributed by atoms with Gasteiger partial charge in [0, 0.05) is 17.7 Å². The summed E-state index contributed by atoms with van der Waals surface area (Å²) >= 11 is 5.71. The Bertz CT molecular complexity index is 210. The van der Waals surface area contributed by atoms with Gasteiger partial charge in [0.15, 0.2) is 0 Å². The van der Waals surface area contributed by atoms with Crippen molar-refractivity contribution in [1.82, 2.24) is 0 Å². The molecule has 1 nitrogen and oxygen atoms in total. The van der Waals surface area contributed by atoms with Crippen LogP contribution in [0.4, 0.5) is 0 Å². The number of rotatable bonds is 1. The van der Waals surface area contributed by atoms with Crippen LogP contribution in [0.3, 0.4) is 0 Å². The van der Waals surface area contributed by atoms with Gasteiger partial charge in [0.1, 0.15) is 5.78 Å². The van der Waals surface area contributed by atoms with Gasteiger partial charge in [-0.3, -0.25) is 4.79 Å². The number of alkyl halides is 1. The summed E-state index contributed by atoms with van der Waals surface area (Å²) in [4.78, 5) is 11.5. The lowest BCUT2D eigenvalue weighted by Crippen LogP contribution is -2.16. The summed E-state index contributed by atoms with van der Waals surface area (Å²) in [5, 5.41) is 0. The van der Waals surface area contributed by atoms with E-state index in [-0.39, 0.29) is 5.92 Å². The largest absolute Gasteiger partial charge is 0.299 e. The van der Waals surface area contributed by atoms with Gasteiger partial charge in [-0.2, -0.15) is 0 Å². The van der Waals surface area contributed by atoms with Gasteiger partial charge < -0.3 is 0 Å². The molecule has 60 valence electrons. The summed E-state index contributed by atoms with van der Waals surface area (Å²) in [6.07, 6.45) is 6.28. The first-order valence-electron chi connectivity index (χ1n) is 4.09. The molecule has 2 heteroatoms. The summed E-state index contributed by atoms with van der Waals surface area (Å²) in [6.45, 7) is 0. The smallest absolute Gasteiger partial charge is 0.141 e. The highest BCUT2D eigenvalue weighted by Gasteiger charge is 2.41. The second-order valence-electron chi connectivity index (χ2n) is 3.42. The lowest BCUT2D eigenvalue weighted by Gasteiger charge is -2.11. The number of carbonyl (C=O) groups excluding carboxylic acids is 1.